The molecule has 0 aromatic heterocycles. The zero-order valence-electron chi connectivity index (χ0n) is 14.5. The van der Waals surface area contributed by atoms with E-state index in [9.17, 15) is 5.11 Å². The highest BCUT2D eigenvalue weighted by Gasteiger charge is 2.32. The van der Waals surface area contributed by atoms with Gasteiger partial charge in [0.05, 0.1) is 5.60 Å². The van der Waals surface area contributed by atoms with E-state index in [1.165, 1.54) is 5.56 Å². The fourth-order valence-corrected chi connectivity index (χ4v) is 3.17. The number of aliphatic hydroxyl groups is 1. The molecule has 0 spiro atoms. The summed E-state index contributed by atoms with van der Waals surface area (Å²) in [6, 6.07) is 17.6. The summed E-state index contributed by atoms with van der Waals surface area (Å²) in [5.74, 6) is 0.826. The third-order valence-corrected chi connectivity index (χ3v) is 4.66. The molecule has 4 N–H and O–H groups in total. The minimum absolute atomic E-state index is 0.592. The third-order valence-electron chi connectivity index (χ3n) is 4.66. The molecule has 2 aromatic carbocycles. The minimum atomic E-state index is -0.597. The average Bonchev–Trinajstić information content (AvgIpc) is 2.62. The van der Waals surface area contributed by atoms with Gasteiger partial charge in [0.25, 0.3) is 0 Å². The van der Waals surface area contributed by atoms with Gasteiger partial charge in [-0.3, -0.25) is 5.43 Å². The Bertz CT molecular complexity index is 638. The Kier molecular flexibility index (Phi) is 5.91. The molecule has 25 heavy (non-hydrogen) atoms. The summed E-state index contributed by atoms with van der Waals surface area (Å²) in [5, 5.41) is 13.0. The van der Waals surface area contributed by atoms with Crippen molar-refractivity contribution < 1.29 is 9.84 Å². The molecule has 0 amide bonds. The lowest BCUT2D eigenvalue weighted by Crippen LogP contribution is -2.51. The van der Waals surface area contributed by atoms with Crippen LogP contribution < -0.4 is 15.9 Å². The molecular weight excluding hydrogens is 314 g/mol. The van der Waals surface area contributed by atoms with E-state index in [-0.39, 0.29) is 0 Å². The first kappa shape index (κ1) is 17.7. The van der Waals surface area contributed by atoms with Crippen LogP contribution in [-0.4, -0.2) is 42.0 Å². The lowest BCUT2D eigenvalue weighted by molar-refractivity contribution is -0.0340. The van der Waals surface area contributed by atoms with Gasteiger partial charge in [-0.15, -0.1) is 0 Å². The molecule has 0 saturated carbocycles. The van der Waals surface area contributed by atoms with E-state index in [0.29, 0.717) is 6.61 Å². The van der Waals surface area contributed by atoms with E-state index < -0.39 is 5.60 Å². The molecule has 1 fully saturated rings. The number of benzene rings is 2. The number of hydrogen-bond donors (Lipinski definition) is 3. The van der Waals surface area contributed by atoms with Crippen molar-refractivity contribution in [2.45, 2.75) is 24.9 Å². The predicted octanol–water partition coefficient (Wildman–Crippen LogP) is 2.22. The zero-order valence-corrected chi connectivity index (χ0v) is 14.5. The van der Waals surface area contributed by atoms with E-state index >= 15 is 0 Å². The number of piperidine rings is 1. The van der Waals surface area contributed by atoms with E-state index in [2.05, 4.69) is 22.6 Å². The molecule has 1 aliphatic rings. The number of nitrogens with one attached hydrogen (secondary N) is 1. The Morgan fingerprint density at radius 2 is 1.72 bits per heavy atom. The second-order valence-corrected chi connectivity index (χ2v) is 6.70. The molecule has 2 aromatic rings. The fraction of sp³-hybridized carbons (Fsp3) is 0.400. The molecule has 0 unspecified atom stereocenters. The molecule has 1 saturated heterocycles. The number of nitrogens with two attached hydrogens (primary N) is 1. The van der Waals surface area contributed by atoms with Gasteiger partial charge < -0.3 is 15.6 Å². The van der Waals surface area contributed by atoms with Gasteiger partial charge in [-0.05, 0) is 42.7 Å². The molecular formula is C20H27N3O2. The van der Waals surface area contributed by atoms with E-state index in [1.807, 2.05) is 42.5 Å². The lowest BCUT2D eigenvalue weighted by atomic mass is 9.86. The van der Waals surface area contributed by atoms with E-state index in [1.54, 1.807) is 0 Å². The Morgan fingerprint density at radius 3 is 2.40 bits per heavy atom. The van der Waals surface area contributed by atoms with Crippen LogP contribution in [0, 0.1) is 0 Å². The molecule has 0 radical (unpaired) electrons. The number of rotatable bonds is 7. The number of nitrogens with zero attached hydrogens (tertiary/aromatic N) is 1. The highest BCUT2D eigenvalue weighted by atomic mass is 16.5. The summed E-state index contributed by atoms with van der Waals surface area (Å²) in [5.41, 5.74) is 10.4. The molecule has 0 atom stereocenters. The van der Waals surface area contributed by atoms with E-state index in [0.717, 1.165) is 50.3 Å². The Balaban J connectivity index is 1.35. The van der Waals surface area contributed by atoms with Gasteiger partial charge in [0.1, 0.15) is 12.4 Å². The van der Waals surface area contributed by atoms with Crippen LogP contribution in [0.2, 0.25) is 0 Å². The second kappa shape index (κ2) is 8.34. The van der Waals surface area contributed by atoms with Crippen LogP contribution in [0.4, 0.5) is 5.69 Å². The topological polar surface area (TPSA) is 70.8 Å². The van der Waals surface area contributed by atoms with Crippen LogP contribution in [-0.2, 0) is 6.42 Å². The molecule has 1 aliphatic heterocycles. The number of anilines is 1. The molecule has 5 heteroatoms. The maximum absolute atomic E-state index is 10.8. The first-order valence-electron chi connectivity index (χ1n) is 8.86. The van der Waals surface area contributed by atoms with Gasteiger partial charge >= 0.3 is 0 Å². The standard InChI is InChI=1S/C20H27N3O2/c21-18-6-8-19(9-7-18)25-15-12-22-23-13-10-20(24,11-14-23)16-17-4-2-1-3-5-17/h1-9,22,24H,10-16,21H2. The molecule has 3 rings (SSSR count). The predicted molar refractivity (Wildman–Crippen MR) is 100 cm³/mol. The Morgan fingerprint density at radius 1 is 1.04 bits per heavy atom. The summed E-state index contributed by atoms with van der Waals surface area (Å²) in [6.45, 7) is 3.01. The zero-order chi connectivity index (χ0) is 17.5. The van der Waals surface area contributed by atoms with Crippen molar-refractivity contribution >= 4 is 5.69 Å². The number of hydrogen-bond acceptors (Lipinski definition) is 5. The van der Waals surface area contributed by atoms with Crippen LogP contribution in [0.25, 0.3) is 0 Å². The average molecular weight is 341 g/mol. The number of nitrogen functional groups attached to an aromatic ring is 1. The quantitative estimate of drug-likeness (QED) is 0.532. The first-order valence-corrected chi connectivity index (χ1v) is 8.86. The van der Waals surface area contributed by atoms with Crippen LogP contribution in [0.1, 0.15) is 18.4 Å². The van der Waals surface area contributed by atoms with Gasteiger partial charge in [0.2, 0.25) is 0 Å². The van der Waals surface area contributed by atoms with Gasteiger partial charge in [0, 0.05) is 31.7 Å². The van der Waals surface area contributed by atoms with Gasteiger partial charge in [0.15, 0.2) is 0 Å². The minimum Gasteiger partial charge on any atom is -0.492 e. The van der Waals surface area contributed by atoms with Gasteiger partial charge in [-0.25, -0.2) is 5.01 Å². The maximum atomic E-state index is 10.8. The summed E-state index contributed by atoms with van der Waals surface area (Å²) in [7, 11) is 0. The van der Waals surface area contributed by atoms with Crippen molar-refractivity contribution in [2.75, 3.05) is 32.0 Å². The molecule has 134 valence electrons. The Labute approximate surface area is 149 Å². The van der Waals surface area contributed by atoms with Gasteiger partial charge in [-0.2, -0.15) is 0 Å². The van der Waals surface area contributed by atoms with Crippen molar-refractivity contribution in [3.05, 3.63) is 60.2 Å². The monoisotopic (exact) mass is 341 g/mol. The van der Waals surface area contributed by atoms with Crippen molar-refractivity contribution in [3.8, 4) is 5.75 Å². The van der Waals surface area contributed by atoms with Gasteiger partial charge in [-0.1, -0.05) is 30.3 Å². The molecule has 0 bridgehead atoms. The largest absolute Gasteiger partial charge is 0.492 e. The summed E-state index contributed by atoms with van der Waals surface area (Å²) in [4.78, 5) is 0. The maximum Gasteiger partial charge on any atom is 0.119 e. The second-order valence-electron chi connectivity index (χ2n) is 6.70. The van der Waals surface area contributed by atoms with Crippen molar-refractivity contribution in [3.63, 3.8) is 0 Å². The van der Waals surface area contributed by atoms with Crippen LogP contribution in [0.15, 0.2) is 54.6 Å². The normalized spacial score (nSPS) is 17.3. The van der Waals surface area contributed by atoms with Crippen molar-refractivity contribution in [1.82, 2.24) is 10.4 Å². The van der Waals surface area contributed by atoms with Crippen LogP contribution in [0.3, 0.4) is 0 Å². The first-order chi connectivity index (χ1) is 12.1. The van der Waals surface area contributed by atoms with Crippen LogP contribution in [0.5, 0.6) is 5.75 Å². The van der Waals surface area contributed by atoms with E-state index in [4.69, 9.17) is 10.5 Å². The molecule has 5 nitrogen and oxygen atoms in total. The number of hydrazine groups is 1. The van der Waals surface area contributed by atoms with Crippen molar-refractivity contribution in [2.24, 2.45) is 0 Å². The summed E-state index contributed by atoms with van der Waals surface area (Å²) >= 11 is 0. The highest BCUT2D eigenvalue weighted by molar-refractivity contribution is 5.41. The SMILES string of the molecule is Nc1ccc(OCCNN2CCC(O)(Cc3ccccc3)CC2)cc1. The fourth-order valence-electron chi connectivity index (χ4n) is 3.17. The van der Waals surface area contributed by atoms with Crippen molar-refractivity contribution in [1.29, 1.82) is 0 Å². The summed E-state index contributed by atoms with van der Waals surface area (Å²) < 4.78 is 5.68. The highest BCUT2D eigenvalue weighted by Crippen LogP contribution is 2.25. The smallest absolute Gasteiger partial charge is 0.119 e. The summed E-state index contributed by atoms with van der Waals surface area (Å²) in [6.07, 6.45) is 2.27. The number of ether oxygens (including phenoxy) is 1. The Hall–Kier alpha value is -2.08. The van der Waals surface area contributed by atoms with Crippen LogP contribution >= 0.6 is 0 Å². The lowest BCUT2D eigenvalue weighted by Gasteiger charge is -2.38. The molecule has 1 heterocycles. The molecule has 0 aliphatic carbocycles. The third kappa shape index (κ3) is 5.46.